The minimum absolute atomic E-state index is 0.150. The highest BCUT2D eigenvalue weighted by Gasteiger charge is 2.70. The molecule has 31 heavy (non-hydrogen) atoms. The lowest BCUT2D eigenvalue weighted by Gasteiger charge is -2.38. The van der Waals surface area contributed by atoms with Crippen LogP contribution >= 0.6 is 0 Å². The molecule has 2 bridgehead atoms. The Balaban J connectivity index is 1.56. The van der Waals surface area contributed by atoms with Crippen molar-refractivity contribution in [2.24, 2.45) is 29.1 Å². The van der Waals surface area contributed by atoms with Gasteiger partial charge in [-0.15, -0.1) is 0 Å². The van der Waals surface area contributed by atoms with Gasteiger partial charge in [-0.25, -0.2) is 4.79 Å². The summed E-state index contributed by atoms with van der Waals surface area (Å²) in [6.45, 7) is 2.03. The van der Waals surface area contributed by atoms with E-state index in [4.69, 9.17) is 14.0 Å². The number of ether oxygens (including phenoxy) is 2. The first kappa shape index (κ1) is 22.6. The van der Waals surface area contributed by atoms with Gasteiger partial charge in [-0.3, -0.25) is 14.1 Å². The first-order valence-electron chi connectivity index (χ1n) is 10.7. The molecule has 4 fully saturated rings. The number of alkyl halides is 2. The standard InChI is InChI=1S/C20H26F2O8S/c1-2-19(6-4-3-5-7-19)9-12(23)13-10-8-11-14(13)17(24)29-15(11)16(10)30-18(25)20(21,22)31(26,27)28/h10-11,13-16H,2-9H2,1H3,(H,26,27,28). The van der Waals surface area contributed by atoms with Gasteiger partial charge in [-0.05, 0) is 24.7 Å². The lowest BCUT2D eigenvalue weighted by atomic mass is 9.66. The molecule has 0 aromatic rings. The second-order valence-corrected chi connectivity index (χ2v) is 10.9. The SMILES string of the molecule is CCC1(CC(=O)C2C3CC4C(OC(=O)C42)C3OC(=O)C(F)(F)S(=O)(=O)O)CCCCC1. The van der Waals surface area contributed by atoms with Crippen LogP contribution in [-0.2, 0) is 34.0 Å². The molecule has 174 valence electrons. The summed E-state index contributed by atoms with van der Waals surface area (Å²) in [7, 11) is -6.02. The van der Waals surface area contributed by atoms with Gasteiger partial charge in [-0.1, -0.05) is 32.6 Å². The van der Waals surface area contributed by atoms with Crippen LogP contribution in [-0.4, -0.2) is 48.2 Å². The Morgan fingerprint density at radius 3 is 2.45 bits per heavy atom. The van der Waals surface area contributed by atoms with Gasteiger partial charge < -0.3 is 9.47 Å². The summed E-state index contributed by atoms with van der Waals surface area (Å²) in [5, 5.41) is -5.15. The van der Waals surface area contributed by atoms with Crippen LogP contribution in [0.4, 0.5) is 8.78 Å². The summed E-state index contributed by atoms with van der Waals surface area (Å²) in [6.07, 6.45) is 4.04. The molecular weight excluding hydrogens is 438 g/mol. The number of ketones is 1. The fourth-order valence-electron chi connectivity index (χ4n) is 6.33. The molecule has 0 amide bonds. The second-order valence-electron chi connectivity index (χ2n) is 9.44. The summed E-state index contributed by atoms with van der Waals surface area (Å²) >= 11 is 0. The van der Waals surface area contributed by atoms with Crippen molar-refractivity contribution in [1.82, 2.24) is 0 Å². The van der Waals surface area contributed by atoms with E-state index in [2.05, 4.69) is 0 Å². The number of rotatable bonds is 7. The molecule has 4 aliphatic rings. The van der Waals surface area contributed by atoms with Crippen LogP contribution in [0.15, 0.2) is 0 Å². The molecular formula is C20H26F2O8S. The van der Waals surface area contributed by atoms with Crippen LogP contribution in [0.1, 0.15) is 58.3 Å². The normalized spacial score (nSPS) is 36.3. The summed E-state index contributed by atoms with van der Waals surface area (Å²) in [6, 6.07) is 0. The number of esters is 2. The van der Waals surface area contributed by atoms with E-state index in [1.807, 2.05) is 6.92 Å². The summed E-state index contributed by atoms with van der Waals surface area (Å²) in [4.78, 5) is 37.6. The first-order chi connectivity index (χ1) is 14.4. The van der Waals surface area contributed by atoms with E-state index in [9.17, 15) is 31.6 Å². The molecule has 1 heterocycles. The third-order valence-corrected chi connectivity index (χ3v) is 8.75. The Hall–Kier alpha value is -1.62. The number of halogens is 2. The number of hydrogen-bond donors (Lipinski definition) is 1. The van der Waals surface area contributed by atoms with Crippen LogP contribution in [0.25, 0.3) is 0 Å². The second kappa shape index (κ2) is 7.47. The maximum absolute atomic E-state index is 13.7. The molecule has 11 heteroatoms. The molecule has 4 rings (SSSR count). The lowest BCUT2D eigenvalue weighted by molar-refractivity contribution is -0.178. The van der Waals surface area contributed by atoms with Gasteiger partial charge in [0, 0.05) is 24.2 Å². The first-order valence-corrected chi connectivity index (χ1v) is 12.1. The minimum atomic E-state index is -6.02. The highest BCUT2D eigenvalue weighted by molar-refractivity contribution is 7.87. The number of carbonyl (C=O) groups excluding carboxylic acids is 3. The van der Waals surface area contributed by atoms with Crippen molar-refractivity contribution in [2.75, 3.05) is 0 Å². The average Bonchev–Trinajstić information content (AvgIpc) is 3.31. The third kappa shape index (κ3) is 3.48. The third-order valence-electron chi connectivity index (χ3n) is 7.94. The number of hydrogen-bond acceptors (Lipinski definition) is 7. The molecule has 6 atom stereocenters. The largest absolute Gasteiger partial charge is 0.465 e. The molecule has 6 unspecified atom stereocenters. The zero-order valence-corrected chi connectivity index (χ0v) is 17.9. The van der Waals surface area contributed by atoms with E-state index in [1.54, 1.807) is 0 Å². The fourth-order valence-corrected chi connectivity index (χ4v) is 6.59. The highest BCUT2D eigenvalue weighted by Crippen LogP contribution is 2.60. The van der Waals surface area contributed by atoms with E-state index in [0.29, 0.717) is 6.42 Å². The van der Waals surface area contributed by atoms with Crippen LogP contribution in [0.5, 0.6) is 0 Å². The molecule has 0 aromatic carbocycles. The highest BCUT2D eigenvalue weighted by atomic mass is 32.2. The molecule has 0 aromatic heterocycles. The van der Waals surface area contributed by atoms with Crippen LogP contribution in [0, 0.1) is 29.1 Å². The Bertz CT molecular complexity index is 895. The van der Waals surface area contributed by atoms with Crippen LogP contribution < -0.4 is 0 Å². The average molecular weight is 464 g/mol. The maximum Gasteiger partial charge on any atom is 0.465 e. The summed E-state index contributed by atoms with van der Waals surface area (Å²) in [5.74, 6) is -5.82. The molecule has 1 N–H and O–H groups in total. The molecule has 8 nitrogen and oxygen atoms in total. The monoisotopic (exact) mass is 464 g/mol. The predicted molar refractivity (Wildman–Crippen MR) is 100 cm³/mol. The Labute approximate surface area is 178 Å². The Morgan fingerprint density at radius 1 is 1.23 bits per heavy atom. The zero-order valence-electron chi connectivity index (χ0n) is 17.1. The van der Waals surface area contributed by atoms with E-state index in [-0.39, 0.29) is 17.6 Å². The quantitative estimate of drug-likeness (QED) is 0.450. The molecule has 0 radical (unpaired) electrons. The molecule has 3 aliphatic carbocycles. The predicted octanol–water partition coefficient (Wildman–Crippen LogP) is 2.51. The van der Waals surface area contributed by atoms with Crippen LogP contribution in [0.2, 0.25) is 0 Å². The van der Waals surface area contributed by atoms with E-state index < -0.39 is 63.2 Å². The van der Waals surface area contributed by atoms with Crippen molar-refractivity contribution in [3.63, 3.8) is 0 Å². The Kier molecular flexibility index (Phi) is 5.44. The van der Waals surface area contributed by atoms with E-state index >= 15 is 0 Å². The van der Waals surface area contributed by atoms with Crippen molar-refractivity contribution in [3.8, 4) is 0 Å². The smallest absolute Gasteiger partial charge is 0.458 e. The Morgan fingerprint density at radius 2 is 1.87 bits per heavy atom. The lowest BCUT2D eigenvalue weighted by Crippen LogP contribution is -2.48. The van der Waals surface area contributed by atoms with E-state index in [1.165, 1.54) is 0 Å². The van der Waals surface area contributed by atoms with Gasteiger partial charge >= 0.3 is 27.3 Å². The fraction of sp³-hybridized carbons (Fsp3) is 0.850. The summed E-state index contributed by atoms with van der Waals surface area (Å²) < 4.78 is 67.8. The van der Waals surface area contributed by atoms with Gasteiger partial charge in [0.25, 0.3) is 0 Å². The van der Waals surface area contributed by atoms with Gasteiger partial charge in [0.1, 0.15) is 18.0 Å². The van der Waals surface area contributed by atoms with Crippen molar-refractivity contribution >= 4 is 27.8 Å². The van der Waals surface area contributed by atoms with Crippen LogP contribution in [0.3, 0.4) is 0 Å². The minimum Gasteiger partial charge on any atom is -0.458 e. The van der Waals surface area contributed by atoms with Gasteiger partial charge in [0.05, 0.1) is 5.92 Å². The zero-order chi connectivity index (χ0) is 22.8. The van der Waals surface area contributed by atoms with Gasteiger partial charge in [-0.2, -0.15) is 17.2 Å². The van der Waals surface area contributed by atoms with Gasteiger partial charge in [0.15, 0.2) is 0 Å². The van der Waals surface area contributed by atoms with E-state index in [0.717, 1.165) is 38.5 Å². The topological polar surface area (TPSA) is 124 Å². The molecule has 0 spiro atoms. The number of Topliss-reactive ketones (excluding diaryl/α,β-unsaturated/α-hetero) is 1. The number of fused-ring (bicyclic) bond motifs is 1. The van der Waals surface area contributed by atoms with Crippen molar-refractivity contribution in [1.29, 1.82) is 0 Å². The van der Waals surface area contributed by atoms with Crippen molar-refractivity contribution < 1.29 is 45.6 Å². The van der Waals surface area contributed by atoms with Crippen molar-refractivity contribution in [2.45, 2.75) is 75.8 Å². The molecule has 1 saturated heterocycles. The summed E-state index contributed by atoms with van der Waals surface area (Å²) in [5.41, 5.74) is -0.150. The number of carbonyl (C=O) groups is 3. The van der Waals surface area contributed by atoms with Crippen molar-refractivity contribution in [3.05, 3.63) is 0 Å². The van der Waals surface area contributed by atoms with Gasteiger partial charge in [0.2, 0.25) is 0 Å². The molecule has 3 saturated carbocycles. The maximum atomic E-state index is 13.7. The molecule has 1 aliphatic heterocycles.